The highest BCUT2D eigenvalue weighted by atomic mass is 32.2. The number of nitrogens with zero attached hydrogens (tertiary/aromatic N) is 2. The second-order valence-corrected chi connectivity index (χ2v) is 6.43. The fraction of sp³-hybridized carbons (Fsp3) is 0.600. The molecule has 0 saturated carbocycles. The molecule has 1 aliphatic heterocycles. The lowest BCUT2D eigenvalue weighted by molar-refractivity contribution is 0.558. The van der Waals surface area contributed by atoms with Crippen LogP contribution < -0.4 is 5.32 Å². The lowest BCUT2D eigenvalue weighted by Crippen LogP contribution is -2.32. The van der Waals surface area contributed by atoms with Gasteiger partial charge in [-0.15, -0.1) is 5.10 Å². The van der Waals surface area contributed by atoms with Crippen LogP contribution in [0.4, 0.5) is 5.82 Å². The number of aryl methyl sites for hydroxylation is 1. The Balaban J connectivity index is 1.94. The number of hydrogen-bond acceptors (Lipinski definition) is 5. The highest BCUT2D eigenvalue weighted by molar-refractivity contribution is 7.91. The van der Waals surface area contributed by atoms with Crippen LogP contribution in [0.3, 0.4) is 0 Å². The van der Waals surface area contributed by atoms with E-state index in [4.69, 9.17) is 0 Å². The zero-order valence-electron chi connectivity index (χ0n) is 9.18. The molecule has 0 spiro atoms. The Morgan fingerprint density at radius 3 is 2.50 bits per heavy atom. The van der Waals surface area contributed by atoms with Crippen molar-refractivity contribution < 1.29 is 8.42 Å². The Hall–Kier alpha value is -1.17. The van der Waals surface area contributed by atoms with E-state index in [0.717, 1.165) is 11.5 Å². The second-order valence-electron chi connectivity index (χ2n) is 4.13. The molecule has 1 aliphatic rings. The average Bonchev–Trinajstić information content (AvgIpc) is 2.24. The van der Waals surface area contributed by atoms with Gasteiger partial charge >= 0.3 is 0 Å². The first kappa shape index (κ1) is 11.3. The highest BCUT2D eigenvalue weighted by Gasteiger charge is 2.23. The molecule has 0 unspecified atom stereocenters. The van der Waals surface area contributed by atoms with Crippen LogP contribution in [0, 0.1) is 6.92 Å². The molecule has 0 aromatic carbocycles. The molecule has 2 heterocycles. The topological polar surface area (TPSA) is 72.0 Å². The number of rotatable bonds is 2. The van der Waals surface area contributed by atoms with Gasteiger partial charge in [0, 0.05) is 6.04 Å². The predicted molar refractivity (Wildman–Crippen MR) is 62.1 cm³/mol. The molecular weight excluding hydrogens is 226 g/mol. The molecule has 1 aromatic heterocycles. The van der Waals surface area contributed by atoms with E-state index in [2.05, 4.69) is 15.5 Å². The molecule has 0 bridgehead atoms. The van der Waals surface area contributed by atoms with Crippen molar-refractivity contribution in [3.05, 3.63) is 17.8 Å². The largest absolute Gasteiger partial charge is 0.366 e. The summed E-state index contributed by atoms with van der Waals surface area (Å²) in [6.07, 6.45) is 1.30. The van der Waals surface area contributed by atoms with Crippen molar-refractivity contribution in [2.75, 3.05) is 16.8 Å². The zero-order chi connectivity index (χ0) is 11.6. The van der Waals surface area contributed by atoms with E-state index in [1.54, 1.807) is 0 Å². The number of aromatic nitrogens is 2. The van der Waals surface area contributed by atoms with Crippen molar-refractivity contribution in [2.45, 2.75) is 25.8 Å². The van der Waals surface area contributed by atoms with Gasteiger partial charge in [-0.1, -0.05) is 0 Å². The van der Waals surface area contributed by atoms with E-state index in [9.17, 15) is 8.42 Å². The van der Waals surface area contributed by atoms with Crippen LogP contribution in [-0.4, -0.2) is 36.2 Å². The highest BCUT2D eigenvalue weighted by Crippen LogP contribution is 2.16. The first-order chi connectivity index (χ1) is 7.55. The van der Waals surface area contributed by atoms with E-state index < -0.39 is 9.84 Å². The standard InChI is InChI=1S/C10H15N3O2S/c1-8-2-3-10(13-12-8)11-9-4-6-16(14,15)7-5-9/h2-3,9H,4-7H2,1H3,(H,11,13). The van der Waals surface area contributed by atoms with Crippen LogP contribution in [-0.2, 0) is 9.84 Å². The first-order valence-corrected chi connectivity index (χ1v) is 7.15. The maximum atomic E-state index is 11.2. The molecule has 6 heteroatoms. The van der Waals surface area contributed by atoms with Gasteiger partial charge in [0.15, 0.2) is 0 Å². The molecule has 0 radical (unpaired) electrons. The number of anilines is 1. The Morgan fingerprint density at radius 1 is 1.25 bits per heavy atom. The van der Waals surface area contributed by atoms with Crippen molar-refractivity contribution in [3.8, 4) is 0 Å². The summed E-state index contributed by atoms with van der Waals surface area (Å²) in [7, 11) is -2.79. The summed E-state index contributed by atoms with van der Waals surface area (Å²) in [4.78, 5) is 0. The third-order valence-electron chi connectivity index (χ3n) is 2.70. The normalized spacial score (nSPS) is 20.6. The van der Waals surface area contributed by atoms with Crippen LogP contribution >= 0.6 is 0 Å². The molecule has 1 aromatic rings. The third kappa shape index (κ3) is 2.91. The lowest BCUT2D eigenvalue weighted by atomic mass is 10.1. The Bertz CT molecular complexity index is 441. The van der Waals surface area contributed by atoms with Gasteiger partial charge in [0.25, 0.3) is 0 Å². The third-order valence-corrected chi connectivity index (χ3v) is 4.42. The molecule has 5 nitrogen and oxygen atoms in total. The average molecular weight is 241 g/mol. The van der Waals surface area contributed by atoms with Gasteiger partial charge in [0.2, 0.25) is 0 Å². The molecule has 88 valence electrons. The summed E-state index contributed by atoms with van der Waals surface area (Å²) >= 11 is 0. The van der Waals surface area contributed by atoms with Gasteiger partial charge in [-0.05, 0) is 31.9 Å². The number of nitrogens with one attached hydrogen (secondary N) is 1. The Morgan fingerprint density at radius 2 is 1.94 bits per heavy atom. The number of hydrogen-bond donors (Lipinski definition) is 1. The van der Waals surface area contributed by atoms with Crippen molar-refractivity contribution >= 4 is 15.7 Å². The maximum absolute atomic E-state index is 11.2. The second kappa shape index (κ2) is 4.37. The van der Waals surface area contributed by atoms with Crippen LogP contribution in [0.2, 0.25) is 0 Å². The molecule has 0 aliphatic carbocycles. The minimum Gasteiger partial charge on any atom is -0.366 e. The first-order valence-electron chi connectivity index (χ1n) is 5.32. The summed E-state index contributed by atoms with van der Waals surface area (Å²) < 4.78 is 22.5. The smallest absolute Gasteiger partial charge is 0.150 e. The minimum absolute atomic E-state index is 0.195. The fourth-order valence-corrected chi connectivity index (χ4v) is 3.21. The van der Waals surface area contributed by atoms with E-state index in [0.29, 0.717) is 12.8 Å². The van der Waals surface area contributed by atoms with Crippen molar-refractivity contribution in [3.63, 3.8) is 0 Å². The van der Waals surface area contributed by atoms with Gasteiger partial charge in [-0.3, -0.25) is 0 Å². The summed E-state index contributed by atoms with van der Waals surface area (Å²) in [5, 5.41) is 11.1. The van der Waals surface area contributed by atoms with Gasteiger partial charge < -0.3 is 5.32 Å². The number of sulfone groups is 1. The predicted octanol–water partition coefficient (Wildman–Crippen LogP) is 0.774. The molecular formula is C10H15N3O2S. The van der Waals surface area contributed by atoms with Gasteiger partial charge in [-0.25, -0.2) is 8.42 Å². The van der Waals surface area contributed by atoms with Crippen LogP contribution in [0.15, 0.2) is 12.1 Å². The van der Waals surface area contributed by atoms with Crippen molar-refractivity contribution in [2.24, 2.45) is 0 Å². The zero-order valence-corrected chi connectivity index (χ0v) is 10.00. The maximum Gasteiger partial charge on any atom is 0.150 e. The van der Waals surface area contributed by atoms with Gasteiger partial charge in [0.1, 0.15) is 15.7 Å². The summed E-state index contributed by atoms with van der Waals surface area (Å²) in [6, 6.07) is 3.95. The van der Waals surface area contributed by atoms with Crippen molar-refractivity contribution in [1.29, 1.82) is 0 Å². The van der Waals surface area contributed by atoms with Crippen LogP contribution in [0.25, 0.3) is 0 Å². The van der Waals surface area contributed by atoms with E-state index in [1.165, 1.54) is 0 Å². The monoisotopic (exact) mass is 241 g/mol. The summed E-state index contributed by atoms with van der Waals surface area (Å²) in [5.74, 6) is 1.25. The van der Waals surface area contributed by atoms with Crippen LogP contribution in [0.5, 0.6) is 0 Å². The Kier molecular flexibility index (Phi) is 3.09. The van der Waals surface area contributed by atoms with E-state index in [1.807, 2.05) is 19.1 Å². The van der Waals surface area contributed by atoms with Crippen LogP contribution in [0.1, 0.15) is 18.5 Å². The molecule has 0 amide bonds. The quantitative estimate of drug-likeness (QED) is 0.828. The fourth-order valence-electron chi connectivity index (χ4n) is 1.72. The van der Waals surface area contributed by atoms with E-state index in [-0.39, 0.29) is 17.5 Å². The summed E-state index contributed by atoms with van der Waals surface area (Å²) in [5.41, 5.74) is 0.872. The summed E-state index contributed by atoms with van der Waals surface area (Å²) in [6.45, 7) is 1.88. The molecule has 16 heavy (non-hydrogen) atoms. The SMILES string of the molecule is Cc1ccc(NC2CCS(=O)(=O)CC2)nn1. The molecule has 2 rings (SSSR count). The molecule has 1 fully saturated rings. The molecule has 1 saturated heterocycles. The molecule has 0 atom stereocenters. The van der Waals surface area contributed by atoms with Crippen molar-refractivity contribution in [1.82, 2.24) is 10.2 Å². The van der Waals surface area contributed by atoms with Gasteiger partial charge in [-0.2, -0.15) is 5.10 Å². The van der Waals surface area contributed by atoms with Gasteiger partial charge in [0.05, 0.1) is 17.2 Å². The lowest BCUT2D eigenvalue weighted by Gasteiger charge is -2.23. The molecule has 1 N–H and O–H groups in total. The Labute approximate surface area is 95.2 Å². The van der Waals surface area contributed by atoms with E-state index >= 15 is 0 Å². The minimum atomic E-state index is -2.79.